The van der Waals surface area contributed by atoms with E-state index in [1.807, 2.05) is 0 Å². The van der Waals surface area contributed by atoms with Crippen molar-refractivity contribution in [3.8, 4) is 11.4 Å². The number of pyridine rings is 2. The van der Waals surface area contributed by atoms with Gasteiger partial charge in [0.15, 0.2) is 0 Å². The Balaban J connectivity index is 1.78. The highest BCUT2D eigenvalue weighted by Crippen LogP contribution is 2.25. The molecular formula is C18H15ClFN5O4. The van der Waals surface area contributed by atoms with Crippen molar-refractivity contribution in [3.05, 3.63) is 58.4 Å². The molecule has 3 heterocycles. The van der Waals surface area contributed by atoms with E-state index in [0.29, 0.717) is 17.1 Å². The Kier molecular flexibility index (Phi) is 5.83. The molecule has 150 valence electrons. The minimum atomic E-state index is -1.11. The third kappa shape index (κ3) is 4.54. The Bertz CT molecular complexity index is 1070. The summed E-state index contributed by atoms with van der Waals surface area (Å²) in [5, 5.41) is 16.9. The standard InChI is InChI=1S/C18H15ClFN5O4/c1-9(12-5-11(20)8-22-17(12)19)29-15(26)6-14-16(23-24-25(14)2)13-4-3-10(7-21-13)18(27)28/h3-5,7-9H,6H2,1-2H3,(H,27,28)/t9-/m1/s1. The number of ether oxygens (including phenoxy) is 1. The summed E-state index contributed by atoms with van der Waals surface area (Å²) in [5.41, 5.74) is 1.36. The Morgan fingerprint density at radius 2 is 2.07 bits per heavy atom. The van der Waals surface area contributed by atoms with Gasteiger partial charge in [0.25, 0.3) is 0 Å². The monoisotopic (exact) mass is 419 g/mol. The molecule has 0 unspecified atom stereocenters. The molecule has 11 heteroatoms. The quantitative estimate of drug-likeness (QED) is 0.478. The van der Waals surface area contributed by atoms with Gasteiger partial charge >= 0.3 is 11.9 Å². The summed E-state index contributed by atoms with van der Waals surface area (Å²) in [5.74, 6) is -2.32. The number of halogens is 2. The number of carboxylic acids is 1. The number of esters is 1. The smallest absolute Gasteiger partial charge is 0.337 e. The molecule has 1 atom stereocenters. The average molecular weight is 420 g/mol. The lowest BCUT2D eigenvalue weighted by molar-refractivity contribution is -0.147. The second kappa shape index (κ2) is 8.31. The Hall–Kier alpha value is -3.40. The van der Waals surface area contributed by atoms with Crippen molar-refractivity contribution >= 4 is 23.5 Å². The Morgan fingerprint density at radius 3 is 2.72 bits per heavy atom. The van der Waals surface area contributed by atoms with E-state index in [9.17, 15) is 14.0 Å². The van der Waals surface area contributed by atoms with Crippen molar-refractivity contribution in [1.82, 2.24) is 25.0 Å². The molecule has 0 spiro atoms. The predicted octanol–water partition coefficient (Wildman–Crippen LogP) is 2.61. The zero-order valence-corrected chi connectivity index (χ0v) is 16.1. The number of aryl methyl sites for hydroxylation is 1. The Morgan fingerprint density at radius 1 is 1.31 bits per heavy atom. The highest BCUT2D eigenvalue weighted by molar-refractivity contribution is 6.30. The van der Waals surface area contributed by atoms with E-state index in [-0.39, 0.29) is 22.7 Å². The molecule has 0 aliphatic rings. The van der Waals surface area contributed by atoms with Crippen molar-refractivity contribution in [2.24, 2.45) is 7.05 Å². The van der Waals surface area contributed by atoms with Gasteiger partial charge in [-0.1, -0.05) is 16.8 Å². The fourth-order valence-electron chi connectivity index (χ4n) is 2.60. The number of carbonyl (C=O) groups excluding carboxylic acids is 1. The molecule has 0 aromatic carbocycles. The molecule has 3 aromatic heterocycles. The normalized spacial score (nSPS) is 11.9. The van der Waals surface area contributed by atoms with Crippen molar-refractivity contribution in [2.45, 2.75) is 19.4 Å². The third-order valence-electron chi connectivity index (χ3n) is 4.09. The van der Waals surface area contributed by atoms with Crippen molar-refractivity contribution in [1.29, 1.82) is 0 Å². The number of aromatic nitrogens is 5. The molecule has 0 amide bonds. The van der Waals surface area contributed by atoms with Gasteiger partial charge in [0.2, 0.25) is 0 Å². The van der Waals surface area contributed by atoms with Gasteiger partial charge in [-0.25, -0.2) is 14.2 Å². The van der Waals surface area contributed by atoms with E-state index >= 15 is 0 Å². The minimum absolute atomic E-state index is 0.0213. The molecular weight excluding hydrogens is 405 g/mol. The van der Waals surface area contributed by atoms with Gasteiger partial charge in [0.1, 0.15) is 22.8 Å². The second-order valence-electron chi connectivity index (χ2n) is 6.09. The number of carboxylic acid groups (broad SMARTS) is 1. The molecule has 1 N–H and O–H groups in total. The highest BCUT2D eigenvalue weighted by Gasteiger charge is 2.21. The number of hydrogen-bond donors (Lipinski definition) is 1. The maximum absolute atomic E-state index is 13.4. The maximum Gasteiger partial charge on any atom is 0.337 e. The van der Waals surface area contributed by atoms with Crippen molar-refractivity contribution < 1.29 is 23.8 Å². The van der Waals surface area contributed by atoms with Gasteiger partial charge < -0.3 is 9.84 Å². The number of aromatic carboxylic acids is 1. The molecule has 29 heavy (non-hydrogen) atoms. The molecule has 0 aliphatic carbocycles. The van der Waals surface area contributed by atoms with Crippen LogP contribution >= 0.6 is 11.6 Å². The van der Waals surface area contributed by atoms with Crippen LogP contribution in [0.3, 0.4) is 0 Å². The van der Waals surface area contributed by atoms with Crippen LogP contribution in [0.5, 0.6) is 0 Å². The number of hydrogen-bond acceptors (Lipinski definition) is 7. The van der Waals surface area contributed by atoms with Crippen LogP contribution in [0.2, 0.25) is 5.15 Å². The van der Waals surface area contributed by atoms with E-state index in [1.54, 1.807) is 14.0 Å². The zero-order chi connectivity index (χ0) is 21.1. The molecule has 9 nitrogen and oxygen atoms in total. The van der Waals surface area contributed by atoms with Crippen LogP contribution in [0.4, 0.5) is 4.39 Å². The summed E-state index contributed by atoms with van der Waals surface area (Å²) in [4.78, 5) is 31.1. The van der Waals surface area contributed by atoms with Crippen molar-refractivity contribution in [3.63, 3.8) is 0 Å². The minimum Gasteiger partial charge on any atom is -0.478 e. The first kappa shape index (κ1) is 20.3. The van der Waals surface area contributed by atoms with Crippen LogP contribution < -0.4 is 0 Å². The molecule has 0 bridgehead atoms. The van der Waals surface area contributed by atoms with Crippen LogP contribution in [0.25, 0.3) is 11.4 Å². The molecule has 0 saturated carbocycles. The lowest BCUT2D eigenvalue weighted by atomic mass is 10.1. The molecule has 0 aliphatic heterocycles. The maximum atomic E-state index is 13.4. The van der Waals surface area contributed by atoms with Crippen LogP contribution in [0, 0.1) is 5.82 Å². The molecule has 3 rings (SSSR count). The largest absolute Gasteiger partial charge is 0.478 e. The summed E-state index contributed by atoms with van der Waals surface area (Å²) >= 11 is 5.94. The van der Waals surface area contributed by atoms with Gasteiger partial charge in [-0.15, -0.1) is 5.10 Å². The van der Waals surface area contributed by atoms with E-state index in [2.05, 4.69) is 20.3 Å². The topological polar surface area (TPSA) is 120 Å². The summed E-state index contributed by atoms with van der Waals surface area (Å²) < 4.78 is 20.1. The van der Waals surface area contributed by atoms with Crippen molar-refractivity contribution in [2.75, 3.05) is 0 Å². The first-order valence-electron chi connectivity index (χ1n) is 8.35. The van der Waals surface area contributed by atoms with Gasteiger partial charge in [-0.3, -0.25) is 14.5 Å². The number of carbonyl (C=O) groups is 2. The molecule has 0 saturated heterocycles. The number of rotatable bonds is 6. The van der Waals surface area contributed by atoms with Gasteiger partial charge in [0.05, 0.1) is 29.6 Å². The molecule has 3 aromatic rings. The first-order chi connectivity index (χ1) is 13.8. The van der Waals surface area contributed by atoms with E-state index in [1.165, 1.54) is 23.0 Å². The van der Waals surface area contributed by atoms with E-state index < -0.39 is 23.9 Å². The summed E-state index contributed by atoms with van der Waals surface area (Å²) in [7, 11) is 1.60. The highest BCUT2D eigenvalue weighted by atomic mass is 35.5. The van der Waals surface area contributed by atoms with Crippen LogP contribution in [0.1, 0.15) is 34.6 Å². The fourth-order valence-corrected chi connectivity index (χ4v) is 2.85. The lowest BCUT2D eigenvalue weighted by Crippen LogP contribution is -2.15. The summed E-state index contributed by atoms with van der Waals surface area (Å²) in [6, 6.07) is 4.00. The predicted molar refractivity (Wildman–Crippen MR) is 98.6 cm³/mol. The fraction of sp³-hybridized carbons (Fsp3) is 0.222. The average Bonchev–Trinajstić information content (AvgIpc) is 3.04. The zero-order valence-electron chi connectivity index (χ0n) is 15.3. The van der Waals surface area contributed by atoms with Crippen LogP contribution in [-0.2, 0) is 23.0 Å². The van der Waals surface area contributed by atoms with Crippen LogP contribution in [-0.4, -0.2) is 42.0 Å². The first-order valence-corrected chi connectivity index (χ1v) is 8.72. The van der Waals surface area contributed by atoms with Gasteiger partial charge in [-0.05, 0) is 25.1 Å². The second-order valence-corrected chi connectivity index (χ2v) is 6.45. The van der Waals surface area contributed by atoms with Gasteiger partial charge in [0, 0.05) is 18.8 Å². The number of nitrogens with zero attached hydrogens (tertiary/aromatic N) is 5. The third-order valence-corrected chi connectivity index (χ3v) is 4.40. The van der Waals surface area contributed by atoms with E-state index in [4.69, 9.17) is 21.4 Å². The summed E-state index contributed by atoms with van der Waals surface area (Å²) in [6.07, 6.45) is 1.15. The summed E-state index contributed by atoms with van der Waals surface area (Å²) in [6.45, 7) is 1.55. The molecule has 0 radical (unpaired) electrons. The SMILES string of the molecule is C[C@@H](OC(=O)Cc1c(-c2ccc(C(=O)O)cn2)nnn1C)c1cc(F)cnc1Cl. The van der Waals surface area contributed by atoms with E-state index in [0.717, 1.165) is 12.3 Å². The van der Waals surface area contributed by atoms with Gasteiger partial charge in [-0.2, -0.15) is 0 Å². The lowest BCUT2D eigenvalue weighted by Gasteiger charge is -2.14. The molecule has 0 fully saturated rings. The van der Waals surface area contributed by atoms with Crippen LogP contribution in [0.15, 0.2) is 30.6 Å². The Labute approximate surface area is 169 Å².